The molecule has 0 N–H and O–H groups in total. The number of hydrogen-bond acceptors (Lipinski definition) is 4. The molecule has 0 fully saturated rings. The lowest BCUT2D eigenvalue weighted by atomic mass is 9.82. The number of nitrogens with zero attached hydrogens (tertiary/aromatic N) is 3. The lowest BCUT2D eigenvalue weighted by Crippen LogP contribution is -2.14. The molecule has 222 valence electrons. The van der Waals surface area contributed by atoms with Gasteiger partial charge in [0.2, 0.25) is 0 Å². The molecule has 2 aliphatic carbocycles. The average Bonchev–Trinajstić information content (AvgIpc) is 3.75. The third-order valence-corrected chi connectivity index (χ3v) is 10.2. The molecule has 2 aromatic heterocycles. The Morgan fingerprint density at radius 2 is 1.17 bits per heavy atom. The maximum Gasteiger partial charge on any atom is 0.164 e. The Balaban J connectivity index is 1.15. The van der Waals surface area contributed by atoms with Gasteiger partial charge in [0, 0.05) is 32.9 Å². The van der Waals surface area contributed by atoms with Crippen LogP contribution in [0.15, 0.2) is 132 Å². The van der Waals surface area contributed by atoms with Crippen molar-refractivity contribution in [2.24, 2.45) is 0 Å². The Hall–Kier alpha value is -5.87. The number of benzene rings is 6. The van der Waals surface area contributed by atoms with Gasteiger partial charge >= 0.3 is 0 Å². The molecule has 0 spiro atoms. The van der Waals surface area contributed by atoms with Crippen molar-refractivity contribution in [3.63, 3.8) is 0 Å². The molecule has 0 saturated carbocycles. The van der Waals surface area contributed by atoms with E-state index < -0.39 is 0 Å². The van der Waals surface area contributed by atoms with Gasteiger partial charge in [0.25, 0.3) is 0 Å². The first-order chi connectivity index (χ1) is 23.0. The summed E-state index contributed by atoms with van der Waals surface area (Å²) < 4.78 is 6.57. The van der Waals surface area contributed by atoms with E-state index in [4.69, 9.17) is 19.4 Å². The fourth-order valence-corrected chi connectivity index (χ4v) is 7.81. The van der Waals surface area contributed by atoms with Gasteiger partial charge in [-0.3, -0.25) is 0 Å². The molecular weight excluding hydrogens is 574 g/mol. The fraction of sp³-hybridized carbons (Fsp3) is 0.0930. The maximum atomic E-state index is 6.57. The van der Waals surface area contributed by atoms with Gasteiger partial charge in [0.1, 0.15) is 11.2 Å². The third-order valence-electron chi connectivity index (χ3n) is 10.2. The summed E-state index contributed by atoms with van der Waals surface area (Å²) in [5, 5.41) is 2.27. The van der Waals surface area contributed by atoms with Crippen LogP contribution in [0.25, 0.3) is 78.4 Å². The Morgan fingerprint density at radius 3 is 2.00 bits per heavy atom. The molecule has 0 atom stereocenters. The summed E-state index contributed by atoms with van der Waals surface area (Å²) in [6.07, 6.45) is 0.952. The number of furan rings is 1. The van der Waals surface area contributed by atoms with Gasteiger partial charge < -0.3 is 4.42 Å². The first kappa shape index (κ1) is 26.4. The summed E-state index contributed by atoms with van der Waals surface area (Å²) in [6, 6.07) is 44.9. The van der Waals surface area contributed by atoms with E-state index in [0.717, 1.165) is 39.7 Å². The molecular formula is C43H29N3O. The molecule has 0 unspecified atom stereocenters. The quantitative estimate of drug-likeness (QED) is 0.202. The van der Waals surface area contributed by atoms with Crippen molar-refractivity contribution >= 4 is 21.9 Å². The van der Waals surface area contributed by atoms with E-state index in [1.807, 2.05) is 30.3 Å². The van der Waals surface area contributed by atoms with Gasteiger partial charge in [0.05, 0.1) is 0 Å². The highest BCUT2D eigenvalue weighted by Gasteiger charge is 2.37. The largest absolute Gasteiger partial charge is 0.456 e. The highest BCUT2D eigenvalue weighted by Crippen LogP contribution is 2.53. The summed E-state index contributed by atoms with van der Waals surface area (Å²) in [5.41, 5.74) is 15.0. The van der Waals surface area contributed by atoms with Gasteiger partial charge in [-0.15, -0.1) is 0 Å². The highest BCUT2D eigenvalue weighted by molar-refractivity contribution is 6.15. The first-order valence-electron chi connectivity index (χ1n) is 16.2. The van der Waals surface area contributed by atoms with Gasteiger partial charge in [-0.2, -0.15) is 0 Å². The molecule has 2 aliphatic rings. The van der Waals surface area contributed by atoms with Crippen molar-refractivity contribution in [2.45, 2.75) is 25.7 Å². The fourth-order valence-electron chi connectivity index (χ4n) is 7.81. The molecule has 0 amide bonds. The molecule has 47 heavy (non-hydrogen) atoms. The zero-order valence-corrected chi connectivity index (χ0v) is 26.1. The standard InChI is InChI=1S/C43H29N3O/c1-43(2)34-15-9-8-14-31(34)38-35(43)20-21-36-39(38)32-19-18-29(24-37(32)47-36)42-45-40(25-10-4-3-5-11-25)44-41(46-42)28-17-16-27-22-26-12-6-7-13-30(26)33(27)23-28/h3-21,23-24H,22H2,1-2H3. The van der Waals surface area contributed by atoms with Gasteiger partial charge in [0.15, 0.2) is 17.5 Å². The first-order valence-corrected chi connectivity index (χ1v) is 16.2. The van der Waals surface area contributed by atoms with Crippen LogP contribution in [0.3, 0.4) is 0 Å². The Bertz CT molecular complexity index is 2580. The minimum atomic E-state index is -0.0710. The molecule has 10 rings (SSSR count). The van der Waals surface area contributed by atoms with Gasteiger partial charge in [-0.1, -0.05) is 117 Å². The van der Waals surface area contributed by atoms with Crippen molar-refractivity contribution in [1.29, 1.82) is 0 Å². The molecule has 6 aromatic carbocycles. The summed E-state index contributed by atoms with van der Waals surface area (Å²) in [4.78, 5) is 15.1. The molecule has 0 aliphatic heterocycles. The lowest BCUT2D eigenvalue weighted by Gasteiger charge is -2.21. The zero-order chi connectivity index (χ0) is 31.3. The van der Waals surface area contributed by atoms with Crippen molar-refractivity contribution in [2.75, 3.05) is 0 Å². The monoisotopic (exact) mass is 603 g/mol. The summed E-state index contributed by atoms with van der Waals surface area (Å²) in [5.74, 6) is 1.92. The second kappa shape index (κ2) is 9.57. The molecule has 8 aromatic rings. The van der Waals surface area contributed by atoms with Crippen LogP contribution in [0.1, 0.15) is 36.1 Å². The third kappa shape index (κ3) is 3.85. The van der Waals surface area contributed by atoms with E-state index in [1.165, 1.54) is 49.9 Å². The van der Waals surface area contributed by atoms with Gasteiger partial charge in [-0.25, -0.2) is 15.0 Å². The Kier molecular flexibility index (Phi) is 5.37. The summed E-state index contributed by atoms with van der Waals surface area (Å²) >= 11 is 0. The van der Waals surface area contributed by atoms with E-state index >= 15 is 0 Å². The SMILES string of the molecule is CC1(C)c2ccccc2-c2c1ccc1oc3cc(-c4nc(-c5ccccc5)nc(-c5ccc6c(c5)-c5ccccc5C6)n4)ccc3c21. The Labute approximate surface area is 272 Å². The number of aromatic nitrogens is 3. The van der Waals surface area contributed by atoms with E-state index in [2.05, 4.69) is 111 Å². The van der Waals surface area contributed by atoms with Gasteiger partial charge in [-0.05, 0) is 75.2 Å². The smallest absolute Gasteiger partial charge is 0.164 e. The molecule has 2 heterocycles. The van der Waals surface area contributed by atoms with E-state index in [-0.39, 0.29) is 5.41 Å². The molecule has 4 heteroatoms. The van der Waals surface area contributed by atoms with Crippen molar-refractivity contribution in [3.8, 4) is 56.4 Å². The number of fused-ring (bicyclic) bond motifs is 10. The lowest BCUT2D eigenvalue weighted by molar-refractivity contribution is 0.656. The normalized spacial score (nSPS) is 13.8. The zero-order valence-electron chi connectivity index (χ0n) is 26.1. The van der Waals surface area contributed by atoms with E-state index in [9.17, 15) is 0 Å². The Morgan fingerprint density at radius 1 is 0.511 bits per heavy atom. The molecule has 4 nitrogen and oxygen atoms in total. The minimum Gasteiger partial charge on any atom is -0.456 e. The topological polar surface area (TPSA) is 51.8 Å². The minimum absolute atomic E-state index is 0.0710. The second-order valence-corrected chi connectivity index (χ2v) is 13.2. The van der Waals surface area contributed by atoms with Crippen molar-refractivity contribution < 1.29 is 4.42 Å². The summed E-state index contributed by atoms with van der Waals surface area (Å²) in [6.45, 7) is 4.62. The van der Waals surface area contributed by atoms with Crippen LogP contribution in [0, 0.1) is 0 Å². The van der Waals surface area contributed by atoms with Crippen LogP contribution >= 0.6 is 0 Å². The predicted octanol–water partition coefficient (Wildman–Crippen LogP) is 10.6. The van der Waals surface area contributed by atoms with Crippen LogP contribution in [0.2, 0.25) is 0 Å². The van der Waals surface area contributed by atoms with Crippen molar-refractivity contribution in [1.82, 2.24) is 15.0 Å². The highest BCUT2D eigenvalue weighted by atomic mass is 16.3. The van der Waals surface area contributed by atoms with Crippen LogP contribution in [-0.4, -0.2) is 15.0 Å². The summed E-state index contributed by atoms with van der Waals surface area (Å²) in [7, 11) is 0. The molecule has 0 bridgehead atoms. The molecule has 0 saturated heterocycles. The predicted molar refractivity (Wildman–Crippen MR) is 189 cm³/mol. The second-order valence-electron chi connectivity index (χ2n) is 13.2. The van der Waals surface area contributed by atoms with Crippen LogP contribution in [-0.2, 0) is 11.8 Å². The van der Waals surface area contributed by atoms with E-state index in [0.29, 0.717) is 17.5 Å². The van der Waals surface area contributed by atoms with E-state index in [1.54, 1.807) is 0 Å². The number of hydrogen-bond donors (Lipinski definition) is 0. The maximum absolute atomic E-state index is 6.57. The average molecular weight is 604 g/mol. The van der Waals surface area contributed by atoms with Crippen LogP contribution in [0.4, 0.5) is 0 Å². The number of rotatable bonds is 3. The van der Waals surface area contributed by atoms with Crippen LogP contribution in [0.5, 0.6) is 0 Å². The van der Waals surface area contributed by atoms with Crippen LogP contribution < -0.4 is 0 Å². The van der Waals surface area contributed by atoms with Crippen molar-refractivity contribution in [3.05, 3.63) is 150 Å². The molecule has 0 radical (unpaired) electrons.